The molecule has 1 N–H and O–H groups in total. The van der Waals surface area contributed by atoms with Crippen LogP contribution in [0.3, 0.4) is 0 Å². The van der Waals surface area contributed by atoms with E-state index in [1.165, 1.54) is 17.3 Å². The number of hydrogen-bond donors (Lipinski definition) is 1. The molecule has 0 spiro atoms. The van der Waals surface area contributed by atoms with E-state index in [9.17, 15) is 9.18 Å². The first-order valence-corrected chi connectivity index (χ1v) is 8.55. The van der Waals surface area contributed by atoms with Crippen LogP contribution in [0.2, 0.25) is 0 Å². The third-order valence-corrected chi connectivity index (χ3v) is 4.52. The van der Waals surface area contributed by atoms with E-state index in [1.807, 2.05) is 12.1 Å². The summed E-state index contributed by atoms with van der Waals surface area (Å²) in [5, 5.41) is 2.72. The van der Waals surface area contributed by atoms with Gasteiger partial charge in [0, 0.05) is 12.2 Å². The van der Waals surface area contributed by atoms with Crippen LogP contribution in [0.1, 0.15) is 11.1 Å². The fourth-order valence-corrected chi connectivity index (χ4v) is 3.23. The second kappa shape index (κ2) is 6.96. The minimum absolute atomic E-state index is 0.0182. The predicted molar refractivity (Wildman–Crippen MR) is 100 cm³/mol. The van der Waals surface area contributed by atoms with Crippen LogP contribution >= 0.6 is 0 Å². The molecule has 2 heterocycles. The maximum atomic E-state index is 13.6. The molecule has 5 heteroatoms. The molecule has 4 rings (SSSR count). The standard InChI is InChI=1S/C21H18FN3O/c22-18-7-3-1-6-16(18)13-21(26)24-20-10-9-17(14-23-20)25-12-11-15-5-2-4-8-19(15)25/h1-10,14H,11-13H2,(H,23,24,26). The molecule has 26 heavy (non-hydrogen) atoms. The number of benzene rings is 2. The molecule has 0 bridgehead atoms. The van der Waals surface area contributed by atoms with Crippen molar-refractivity contribution in [1.82, 2.24) is 4.98 Å². The fraction of sp³-hybridized carbons (Fsp3) is 0.143. The Labute approximate surface area is 151 Å². The summed E-state index contributed by atoms with van der Waals surface area (Å²) in [5.74, 6) is -0.205. The quantitative estimate of drug-likeness (QED) is 0.773. The number of amides is 1. The zero-order valence-electron chi connectivity index (χ0n) is 14.2. The van der Waals surface area contributed by atoms with Gasteiger partial charge < -0.3 is 10.2 Å². The van der Waals surface area contributed by atoms with Crippen LogP contribution in [0.15, 0.2) is 66.9 Å². The van der Waals surface area contributed by atoms with E-state index >= 15 is 0 Å². The van der Waals surface area contributed by atoms with Gasteiger partial charge in [-0.3, -0.25) is 4.79 Å². The Hall–Kier alpha value is -3.21. The van der Waals surface area contributed by atoms with Gasteiger partial charge in [-0.25, -0.2) is 9.37 Å². The molecule has 0 atom stereocenters. The predicted octanol–water partition coefficient (Wildman–Crippen LogP) is 4.10. The molecule has 3 aromatic rings. The first kappa shape index (κ1) is 16.3. The SMILES string of the molecule is O=C(Cc1ccccc1F)Nc1ccc(N2CCc3ccccc32)cn1. The second-order valence-electron chi connectivity index (χ2n) is 6.25. The van der Waals surface area contributed by atoms with Crippen LogP contribution in [0, 0.1) is 5.82 Å². The molecule has 0 unspecified atom stereocenters. The maximum absolute atomic E-state index is 13.6. The number of carbonyl (C=O) groups excluding carboxylic acids is 1. The zero-order chi connectivity index (χ0) is 17.9. The van der Waals surface area contributed by atoms with E-state index in [0.717, 1.165) is 18.7 Å². The number of carbonyl (C=O) groups is 1. The number of aromatic nitrogens is 1. The highest BCUT2D eigenvalue weighted by Crippen LogP contribution is 2.33. The van der Waals surface area contributed by atoms with Crippen molar-refractivity contribution >= 4 is 23.1 Å². The van der Waals surface area contributed by atoms with E-state index in [1.54, 1.807) is 30.5 Å². The summed E-state index contributed by atoms with van der Waals surface area (Å²) in [6, 6.07) is 18.3. The van der Waals surface area contributed by atoms with Crippen LogP contribution in [0.5, 0.6) is 0 Å². The smallest absolute Gasteiger partial charge is 0.230 e. The number of nitrogens with zero attached hydrogens (tertiary/aromatic N) is 2. The number of fused-ring (bicyclic) bond motifs is 1. The number of para-hydroxylation sites is 1. The highest BCUT2D eigenvalue weighted by Gasteiger charge is 2.20. The lowest BCUT2D eigenvalue weighted by atomic mass is 10.1. The number of rotatable bonds is 4. The summed E-state index contributed by atoms with van der Waals surface area (Å²) < 4.78 is 13.6. The molecule has 0 aliphatic carbocycles. The summed E-state index contributed by atoms with van der Waals surface area (Å²) >= 11 is 0. The Bertz CT molecular complexity index is 940. The van der Waals surface area contributed by atoms with E-state index < -0.39 is 0 Å². The first-order chi connectivity index (χ1) is 12.7. The molecule has 0 radical (unpaired) electrons. The number of pyridine rings is 1. The van der Waals surface area contributed by atoms with Gasteiger partial charge in [-0.15, -0.1) is 0 Å². The topological polar surface area (TPSA) is 45.2 Å². The monoisotopic (exact) mass is 347 g/mol. The highest BCUT2D eigenvalue weighted by molar-refractivity contribution is 5.91. The van der Waals surface area contributed by atoms with Gasteiger partial charge in [-0.2, -0.15) is 0 Å². The Kier molecular flexibility index (Phi) is 4.35. The van der Waals surface area contributed by atoms with Crippen molar-refractivity contribution < 1.29 is 9.18 Å². The maximum Gasteiger partial charge on any atom is 0.230 e. The average Bonchev–Trinajstić information content (AvgIpc) is 3.08. The van der Waals surface area contributed by atoms with Gasteiger partial charge in [0.2, 0.25) is 5.91 Å². The van der Waals surface area contributed by atoms with E-state index in [-0.39, 0.29) is 18.1 Å². The third kappa shape index (κ3) is 3.28. The van der Waals surface area contributed by atoms with E-state index in [0.29, 0.717) is 11.4 Å². The Morgan fingerprint density at radius 1 is 1.08 bits per heavy atom. The van der Waals surface area contributed by atoms with Crippen molar-refractivity contribution in [3.63, 3.8) is 0 Å². The largest absolute Gasteiger partial charge is 0.340 e. The molecule has 1 aliphatic heterocycles. The summed E-state index contributed by atoms with van der Waals surface area (Å²) in [5.41, 5.74) is 3.89. The van der Waals surface area contributed by atoms with Crippen molar-refractivity contribution in [3.05, 3.63) is 83.8 Å². The van der Waals surface area contributed by atoms with Gasteiger partial charge in [-0.05, 0) is 41.8 Å². The number of nitrogens with one attached hydrogen (secondary N) is 1. The van der Waals surface area contributed by atoms with Gasteiger partial charge in [0.05, 0.1) is 18.3 Å². The van der Waals surface area contributed by atoms with Gasteiger partial charge in [0.1, 0.15) is 11.6 Å². The number of hydrogen-bond acceptors (Lipinski definition) is 3. The molecule has 2 aromatic carbocycles. The number of halogens is 1. The average molecular weight is 347 g/mol. The van der Waals surface area contributed by atoms with Crippen LogP contribution < -0.4 is 10.2 Å². The Morgan fingerprint density at radius 2 is 1.88 bits per heavy atom. The van der Waals surface area contributed by atoms with Crippen LogP contribution in [0.25, 0.3) is 0 Å². The van der Waals surface area contributed by atoms with Gasteiger partial charge in [0.15, 0.2) is 0 Å². The number of anilines is 3. The molecule has 1 aromatic heterocycles. The zero-order valence-corrected chi connectivity index (χ0v) is 14.2. The van der Waals surface area contributed by atoms with Crippen molar-refractivity contribution in [1.29, 1.82) is 0 Å². The minimum Gasteiger partial charge on any atom is -0.340 e. The van der Waals surface area contributed by atoms with Crippen molar-refractivity contribution in [2.45, 2.75) is 12.8 Å². The van der Waals surface area contributed by atoms with Crippen molar-refractivity contribution in [3.8, 4) is 0 Å². The lowest BCUT2D eigenvalue weighted by molar-refractivity contribution is -0.115. The third-order valence-electron chi connectivity index (χ3n) is 4.52. The minimum atomic E-state index is -0.376. The highest BCUT2D eigenvalue weighted by atomic mass is 19.1. The van der Waals surface area contributed by atoms with Gasteiger partial charge in [-0.1, -0.05) is 36.4 Å². The van der Waals surface area contributed by atoms with E-state index in [4.69, 9.17) is 0 Å². The Morgan fingerprint density at radius 3 is 2.69 bits per heavy atom. The lowest BCUT2D eigenvalue weighted by Crippen LogP contribution is -2.17. The van der Waals surface area contributed by atoms with Crippen molar-refractivity contribution in [2.24, 2.45) is 0 Å². The van der Waals surface area contributed by atoms with Gasteiger partial charge in [0.25, 0.3) is 0 Å². The summed E-state index contributed by atoms with van der Waals surface area (Å²) in [7, 11) is 0. The second-order valence-corrected chi connectivity index (χ2v) is 6.25. The Balaban J connectivity index is 1.44. The fourth-order valence-electron chi connectivity index (χ4n) is 3.23. The van der Waals surface area contributed by atoms with Crippen molar-refractivity contribution in [2.75, 3.05) is 16.8 Å². The van der Waals surface area contributed by atoms with Gasteiger partial charge >= 0.3 is 0 Å². The van der Waals surface area contributed by atoms with Crippen LogP contribution in [-0.4, -0.2) is 17.4 Å². The summed E-state index contributed by atoms with van der Waals surface area (Å²) in [6.07, 6.45) is 2.74. The van der Waals surface area contributed by atoms with Crippen LogP contribution in [-0.2, 0) is 17.6 Å². The van der Waals surface area contributed by atoms with E-state index in [2.05, 4.69) is 33.4 Å². The summed E-state index contributed by atoms with van der Waals surface area (Å²) in [4.78, 5) is 18.7. The molecule has 1 aliphatic rings. The molecule has 1 amide bonds. The molecule has 0 saturated carbocycles. The molecular formula is C21H18FN3O. The molecule has 130 valence electrons. The lowest BCUT2D eigenvalue weighted by Gasteiger charge is -2.19. The first-order valence-electron chi connectivity index (χ1n) is 8.55. The molecule has 0 fully saturated rings. The molecule has 4 nitrogen and oxygen atoms in total. The normalized spacial score (nSPS) is 12.7. The summed E-state index contributed by atoms with van der Waals surface area (Å²) in [6.45, 7) is 0.917. The molecular weight excluding hydrogens is 329 g/mol. The molecule has 0 saturated heterocycles. The van der Waals surface area contributed by atoms with Crippen LogP contribution in [0.4, 0.5) is 21.6 Å².